The summed E-state index contributed by atoms with van der Waals surface area (Å²) < 4.78 is 43.0. The second kappa shape index (κ2) is 8.17. The zero-order valence-corrected chi connectivity index (χ0v) is 15.8. The first-order valence-electron chi connectivity index (χ1n) is 7.87. The van der Waals surface area contributed by atoms with Crippen LogP contribution in [-0.4, -0.2) is 39.7 Å². The number of ether oxygens (including phenoxy) is 1. The predicted molar refractivity (Wildman–Crippen MR) is 99.6 cm³/mol. The maximum Gasteiger partial charge on any atom is 0.337 e. The van der Waals surface area contributed by atoms with Gasteiger partial charge in [-0.1, -0.05) is 0 Å². The highest BCUT2D eigenvalue weighted by Crippen LogP contribution is 2.22. The largest absolute Gasteiger partial charge is 0.465 e. The summed E-state index contributed by atoms with van der Waals surface area (Å²) in [5.74, 6) is -1.62. The monoisotopic (exact) mass is 394 g/mol. The van der Waals surface area contributed by atoms with Gasteiger partial charge in [-0.15, -0.1) is 0 Å². The molecule has 2 rings (SSSR count). The van der Waals surface area contributed by atoms with Gasteiger partial charge in [-0.05, 0) is 55.5 Å². The molecule has 2 aromatic rings. The Kier molecular flexibility index (Phi) is 6.17. The number of hydrogen-bond donors (Lipinski definition) is 1. The van der Waals surface area contributed by atoms with Crippen molar-refractivity contribution in [2.45, 2.75) is 13.0 Å². The van der Waals surface area contributed by atoms with Gasteiger partial charge in [0.2, 0.25) is 15.9 Å². The summed E-state index contributed by atoms with van der Waals surface area (Å²) in [6.07, 6.45) is 0.964. The Bertz CT molecular complexity index is 927. The lowest BCUT2D eigenvalue weighted by Crippen LogP contribution is -2.45. The van der Waals surface area contributed by atoms with Gasteiger partial charge in [0, 0.05) is 5.69 Å². The van der Waals surface area contributed by atoms with Gasteiger partial charge in [0.15, 0.2) is 0 Å². The summed E-state index contributed by atoms with van der Waals surface area (Å²) in [6.45, 7) is 1.42. The van der Waals surface area contributed by atoms with E-state index < -0.39 is 33.8 Å². The van der Waals surface area contributed by atoms with Gasteiger partial charge in [-0.25, -0.2) is 17.6 Å². The molecule has 27 heavy (non-hydrogen) atoms. The maximum atomic E-state index is 13.1. The van der Waals surface area contributed by atoms with Gasteiger partial charge in [0.05, 0.1) is 24.6 Å². The number of anilines is 2. The van der Waals surface area contributed by atoms with Crippen molar-refractivity contribution < 1.29 is 27.1 Å². The minimum absolute atomic E-state index is 0.169. The van der Waals surface area contributed by atoms with E-state index in [4.69, 9.17) is 0 Å². The van der Waals surface area contributed by atoms with Crippen molar-refractivity contribution in [3.8, 4) is 0 Å². The van der Waals surface area contributed by atoms with Crippen molar-refractivity contribution in [1.82, 2.24) is 0 Å². The molecule has 0 saturated carbocycles. The Labute approximate surface area is 156 Å². The van der Waals surface area contributed by atoms with Crippen LogP contribution in [0.25, 0.3) is 0 Å². The molecule has 0 heterocycles. The van der Waals surface area contributed by atoms with Gasteiger partial charge in [0.1, 0.15) is 11.9 Å². The van der Waals surface area contributed by atoms with Crippen LogP contribution in [0.3, 0.4) is 0 Å². The lowest BCUT2D eigenvalue weighted by molar-refractivity contribution is -0.116. The summed E-state index contributed by atoms with van der Waals surface area (Å²) >= 11 is 0. The van der Waals surface area contributed by atoms with Crippen LogP contribution in [0.1, 0.15) is 17.3 Å². The fourth-order valence-corrected chi connectivity index (χ4v) is 3.63. The van der Waals surface area contributed by atoms with Crippen LogP contribution < -0.4 is 9.62 Å². The Morgan fingerprint density at radius 1 is 1.07 bits per heavy atom. The summed E-state index contributed by atoms with van der Waals surface area (Å²) in [5, 5.41) is 2.59. The summed E-state index contributed by atoms with van der Waals surface area (Å²) in [7, 11) is -2.54. The number of methoxy groups -OCH3 is 1. The molecule has 0 saturated heterocycles. The van der Waals surface area contributed by atoms with Gasteiger partial charge in [-0.2, -0.15) is 0 Å². The van der Waals surface area contributed by atoms with E-state index in [-0.39, 0.29) is 5.69 Å². The number of amides is 1. The minimum Gasteiger partial charge on any atom is -0.465 e. The molecule has 0 spiro atoms. The number of sulfonamides is 1. The number of halogens is 1. The third-order valence-electron chi connectivity index (χ3n) is 3.74. The molecule has 0 fully saturated rings. The number of carbonyl (C=O) groups is 2. The number of benzene rings is 2. The lowest BCUT2D eigenvalue weighted by atomic mass is 10.2. The van der Waals surface area contributed by atoms with Gasteiger partial charge in [0.25, 0.3) is 0 Å². The van der Waals surface area contributed by atoms with Crippen molar-refractivity contribution in [1.29, 1.82) is 0 Å². The molecule has 0 aliphatic heterocycles. The van der Waals surface area contributed by atoms with Gasteiger partial charge in [-0.3, -0.25) is 9.10 Å². The number of nitrogens with zero attached hydrogens (tertiary/aromatic N) is 1. The molecule has 1 N–H and O–H groups in total. The quantitative estimate of drug-likeness (QED) is 0.760. The van der Waals surface area contributed by atoms with Gasteiger partial charge < -0.3 is 10.1 Å². The first-order chi connectivity index (χ1) is 12.6. The molecular weight excluding hydrogens is 375 g/mol. The molecule has 0 aliphatic carbocycles. The van der Waals surface area contributed by atoms with E-state index in [0.717, 1.165) is 22.7 Å². The number of carbonyl (C=O) groups excluding carboxylic acids is 2. The molecule has 1 atom stereocenters. The van der Waals surface area contributed by atoms with E-state index in [9.17, 15) is 22.4 Å². The molecular formula is C18H19FN2O5S. The van der Waals surface area contributed by atoms with E-state index in [0.29, 0.717) is 11.3 Å². The molecule has 1 amide bonds. The summed E-state index contributed by atoms with van der Waals surface area (Å²) in [5.41, 5.74) is 0.863. The molecule has 0 aliphatic rings. The average molecular weight is 394 g/mol. The smallest absolute Gasteiger partial charge is 0.337 e. The van der Waals surface area contributed by atoms with Crippen LogP contribution in [0.15, 0.2) is 48.5 Å². The fraction of sp³-hybridized carbons (Fsp3) is 0.222. The number of nitrogens with one attached hydrogen (secondary N) is 1. The fourth-order valence-electron chi connectivity index (χ4n) is 2.45. The first-order valence-corrected chi connectivity index (χ1v) is 9.72. The van der Waals surface area contributed by atoms with Crippen LogP contribution in [0.5, 0.6) is 0 Å². The van der Waals surface area contributed by atoms with E-state index in [2.05, 4.69) is 10.1 Å². The number of rotatable bonds is 6. The first kappa shape index (κ1) is 20.4. The van der Waals surface area contributed by atoms with Crippen molar-refractivity contribution in [2.75, 3.05) is 23.0 Å². The predicted octanol–water partition coefficient (Wildman–Crippen LogP) is 2.41. The topological polar surface area (TPSA) is 92.8 Å². The Morgan fingerprint density at radius 3 is 2.11 bits per heavy atom. The Balaban J connectivity index is 2.22. The van der Waals surface area contributed by atoms with Crippen LogP contribution in [0.4, 0.5) is 15.8 Å². The van der Waals surface area contributed by atoms with Crippen LogP contribution in [-0.2, 0) is 19.6 Å². The van der Waals surface area contributed by atoms with Crippen LogP contribution in [0.2, 0.25) is 0 Å². The molecule has 2 aromatic carbocycles. The number of hydrogen-bond acceptors (Lipinski definition) is 5. The van der Waals surface area contributed by atoms with E-state index in [1.807, 2.05) is 0 Å². The van der Waals surface area contributed by atoms with E-state index in [1.165, 1.54) is 50.4 Å². The SMILES string of the molecule is COC(=O)c1ccc(NC(=O)[C@H](C)N(c2ccc(F)cc2)S(C)(=O)=O)cc1. The normalized spacial score (nSPS) is 12.1. The van der Waals surface area contributed by atoms with Crippen molar-refractivity contribution in [2.24, 2.45) is 0 Å². The van der Waals surface area contributed by atoms with Crippen LogP contribution in [0, 0.1) is 5.82 Å². The Morgan fingerprint density at radius 2 is 1.63 bits per heavy atom. The van der Waals surface area contributed by atoms with Crippen LogP contribution >= 0.6 is 0 Å². The van der Waals surface area contributed by atoms with Crippen molar-refractivity contribution >= 4 is 33.3 Å². The third-order valence-corrected chi connectivity index (χ3v) is 4.98. The standard InChI is InChI=1S/C18H19FN2O5S/c1-12(21(27(3,24)25)16-10-6-14(19)7-11-16)17(22)20-15-8-4-13(5-9-15)18(23)26-2/h4-12H,1-3H3,(H,20,22)/t12-/m0/s1. The zero-order valence-electron chi connectivity index (χ0n) is 15.0. The zero-order chi connectivity index (χ0) is 20.2. The number of esters is 1. The average Bonchev–Trinajstić information content (AvgIpc) is 2.62. The van der Waals surface area contributed by atoms with E-state index in [1.54, 1.807) is 0 Å². The highest BCUT2D eigenvalue weighted by molar-refractivity contribution is 7.92. The second-order valence-corrected chi connectivity index (χ2v) is 7.63. The molecule has 0 aromatic heterocycles. The van der Waals surface area contributed by atoms with Crippen molar-refractivity contribution in [3.63, 3.8) is 0 Å². The molecule has 0 radical (unpaired) electrons. The second-order valence-electron chi connectivity index (χ2n) is 5.77. The van der Waals surface area contributed by atoms with E-state index >= 15 is 0 Å². The summed E-state index contributed by atoms with van der Waals surface area (Å²) in [4.78, 5) is 24.0. The third kappa shape index (κ3) is 5.04. The molecule has 0 bridgehead atoms. The van der Waals surface area contributed by atoms with Crippen molar-refractivity contribution in [3.05, 3.63) is 59.9 Å². The molecule has 9 heteroatoms. The Hall–Kier alpha value is -2.94. The molecule has 7 nitrogen and oxygen atoms in total. The maximum absolute atomic E-state index is 13.1. The summed E-state index contributed by atoms with van der Waals surface area (Å²) in [6, 6.07) is 9.65. The lowest BCUT2D eigenvalue weighted by Gasteiger charge is -2.28. The minimum atomic E-state index is -3.80. The highest BCUT2D eigenvalue weighted by atomic mass is 32.2. The molecule has 144 valence electrons. The molecule has 0 unspecified atom stereocenters. The van der Waals surface area contributed by atoms with Gasteiger partial charge >= 0.3 is 5.97 Å². The highest BCUT2D eigenvalue weighted by Gasteiger charge is 2.29.